The molecule has 1 amide bonds. The normalized spacial score (nSPS) is 17.5. The summed E-state index contributed by atoms with van der Waals surface area (Å²) in [4.78, 5) is 18.5. The molecule has 22 heavy (non-hydrogen) atoms. The molecule has 0 saturated carbocycles. The molecule has 1 aliphatic heterocycles. The van der Waals surface area contributed by atoms with Gasteiger partial charge < -0.3 is 14.6 Å². The van der Waals surface area contributed by atoms with Gasteiger partial charge in [-0.2, -0.15) is 0 Å². The van der Waals surface area contributed by atoms with Gasteiger partial charge in [-0.1, -0.05) is 30.3 Å². The van der Waals surface area contributed by atoms with Crippen LogP contribution in [-0.2, 0) is 23.9 Å². The van der Waals surface area contributed by atoms with Gasteiger partial charge in [0.25, 0.3) is 0 Å². The number of aryl methyl sites for hydroxylation is 1. The number of hydrogen-bond donors (Lipinski definition) is 1. The second-order valence-corrected chi connectivity index (χ2v) is 5.94. The van der Waals surface area contributed by atoms with Crippen molar-refractivity contribution < 1.29 is 9.90 Å². The van der Waals surface area contributed by atoms with Crippen molar-refractivity contribution >= 4 is 5.91 Å². The molecule has 1 aliphatic rings. The highest BCUT2D eigenvalue weighted by molar-refractivity contribution is 5.78. The molecule has 1 aromatic carbocycles. The lowest BCUT2D eigenvalue weighted by Crippen LogP contribution is -2.46. The maximum Gasteiger partial charge on any atom is 0.226 e. The van der Waals surface area contributed by atoms with E-state index in [2.05, 4.69) is 4.98 Å². The molecule has 1 saturated heterocycles. The summed E-state index contributed by atoms with van der Waals surface area (Å²) in [6.45, 7) is 1.13. The van der Waals surface area contributed by atoms with E-state index < -0.39 is 5.60 Å². The number of imidazole rings is 1. The smallest absolute Gasteiger partial charge is 0.226 e. The van der Waals surface area contributed by atoms with Gasteiger partial charge in [0.2, 0.25) is 5.91 Å². The standard InChI is InChI=1S/C17H21N3O2/c1-19-12-9-18-16(19)17(22)7-10-20(11-8-17)15(21)13-14-5-3-2-4-6-14/h2-6,9,12,22H,7-8,10-11,13H2,1H3. The van der Waals surface area contributed by atoms with E-state index in [9.17, 15) is 9.90 Å². The van der Waals surface area contributed by atoms with Gasteiger partial charge in [0.1, 0.15) is 11.4 Å². The van der Waals surface area contributed by atoms with Crippen molar-refractivity contribution in [3.8, 4) is 0 Å². The van der Waals surface area contributed by atoms with Crippen LogP contribution in [0.1, 0.15) is 24.2 Å². The number of aromatic nitrogens is 2. The Balaban J connectivity index is 1.62. The summed E-state index contributed by atoms with van der Waals surface area (Å²) in [6, 6.07) is 9.76. The molecule has 0 spiro atoms. The first kappa shape index (κ1) is 14.8. The maximum absolute atomic E-state index is 12.4. The Morgan fingerprint density at radius 3 is 2.55 bits per heavy atom. The summed E-state index contributed by atoms with van der Waals surface area (Å²) in [5.74, 6) is 0.802. The number of carbonyl (C=O) groups is 1. The number of hydrogen-bond acceptors (Lipinski definition) is 3. The lowest BCUT2D eigenvalue weighted by atomic mass is 9.90. The molecule has 1 N–H and O–H groups in total. The number of benzene rings is 1. The molecule has 5 nitrogen and oxygen atoms in total. The van der Waals surface area contributed by atoms with Crippen molar-refractivity contribution in [3.05, 3.63) is 54.1 Å². The zero-order chi connectivity index (χ0) is 15.6. The van der Waals surface area contributed by atoms with E-state index in [0.717, 1.165) is 5.56 Å². The summed E-state index contributed by atoms with van der Waals surface area (Å²) < 4.78 is 1.85. The number of rotatable bonds is 3. The monoisotopic (exact) mass is 299 g/mol. The Morgan fingerprint density at radius 1 is 1.27 bits per heavy atom. The largest absolute Gasteiger partial charge is 0.382 e. The van der Waals surface area contributed by atoms with E-state index in [-0.39, 0.29) is 5.91 Å². The maximum atomic E-state index is 12.4. The number of piperidine rings is 1. The van der Waals surface area contributed by atoms with Gasteiger partial charge in [-0.25, -0.2) is 4.98 Å². The van der Waals surface area contributed by atoms with Crippen LogP contribution in [0.4, 0.5) is 0 Å². The Kier molecular flexibility index (Phi) is 3.98. The third-order valence-electron chi connectivity index (χ3n) is 4.38. The van der Waals surface area contributed by atoms with Crippen LogP contribution < -0.4 is 0 Å². The Morgan fingerprint density at radius 2 is 1.95 bits per heavy atom. The van der Waals surface area contributed by atoms with E-state index in [1.165, 1.54) is 0 Å². The molecular formula is C17H21N3O2. The second-order valence-electron chi connectivity index (χ2n) is 5.94. The average Bonchev–Trinajstić information content (AvgIpc) is 2.96. The zero-order valence-electron chi connectivity index (χ0n) is 12.8. The van der Waals surface area contributed by atoms with E-state index in [4.69, 9.17) is 0 Å². The molecule has 116 valence electrons. The third kappa shape index (κ3) is 2.90. The van der Waals surface area contributed by atoms with Crippen molar-refractivity contribution in [1.82, 2.24) is 14.5 Å². The van der Waals surface area contributed by atoms with E-state index in [1.54, 1.807) is 6.20 Å². The Labute approximate surface area is 130 Å². The highest BCUT2D eigenvalue weighted by Crippen LogP contribution is 2.31. The molecule has 0 bridgehead atoms. The number of likely N-dealkylation sites (tertiary alicyclic amines) is 1. The molecule has 3 rings (SSSR count). The number of amides is 1. The van der Waals surface area contributed by atoms with Crippen LogP contribution in [0.3, 0.4) is 0 Å². The van der Waals surface area contributed by atoms with Crippen LogP contribution in [0.25, 0.3) is 0 Å². The molecule has 1 fully saturated rings. The molecule has 0 unspecified atom stereocenters. The summed E-state index contributed by atoms with van der Waals surface area (Å²) in [5, 5.41) is 10.8. The fourth-order valence-corrected chi connectivity index (χ4v) is 3.05. The first-order valence-electron chi connectivity index (χ1n) is 7.60. The molecule has 1 aromatic heterocycles. The van der Waals surface area contributed by atoms with Crippen LogP contribution in [0.15, 0.2) is 42.7 Å². The van der Waals surface area contributed by atoms with Crippen LogP contribution in [0, 0.1) is 0 Å². The van der Waals surface area contributed by atoms with Gasteiger partial charge in [-0.3, -0.25) is 4.79 Å². The van der Waals surface area contributed by atoms with Crippen LogP contribution in [0.5, 0.6) is 0 Å². The summed E-state index contributed by atoms with van der Waals surface area (Å²) >= 11 is 0. The SMILES string of the molecule is Cn1ccnc1C1(O)CCN(C(=O)Cc2ccccc2)CC1. The van der Waals surface area contributed by atoms with Crippen molar-refractivity contribution in [3.63, 3.8) is 0 Å². The number of carbonyl (C=O) groups excluding carboxylic acids is 1. The van der Waals surface area contributed by atoms with Crippen molar-refractivity contribution in [2.24, 2.45) is 7.05 Å². The van der Waals surface area contributed by atoms with Gasteiger partial charge in [-0.05, 0) is 5.56 Å². The summed E-state index contributed by atoms with van der Waals surface area (Å²) in [6.07, 6.45) is 5.00. The molecule has 2 aromatic rings. The highest BCUT2D eigenvalue weighted by Gasteiger charge is 2.38. The van der Waals surface area contributed by atoms with Gasteiger partial charge in [0.05, 0.1) is 6.42 Å². The quantitative estimate of drug-likeness (QED) is 0.934. The van der Waals surface area contributed by atoms with Crippen LogP contribution in [0.2, 0.25) is 0 Å². The van der Waals surface area contributed by atoms with Crippen molar-refractivity contribution in [1.29, 1.82) is 0 Å². The summed E-state index contributed by atoms with van der Waals surface area (Å²) in [7, 11) is 1.88. The van der Waals surface area contributed by atoms with Gasteiger partial charge in [-0.15, -0.1) is 0 Å². The minimum Gasteiger partial charge on any atom is -0.382 e. The van der Waals surface area contributed by atoms with E-state index in [0.29, 0.717) is 38.2 Å². The predicted octanol–water partition coefficient (Wildman–Crippen LogP) is 1.47. The number of aliphatic hydroxyl groups is 1. The topological polar surface area (TPSA) is 58.4 Å². The minimum atomic E-state index is -0.929. The molecule has 2 heterocycles. The fourth-order valence-electron chi connectivity index (χ4n) is 3.05. The Hall–Kier alpha value is -2.14. The lowest BCUT2D eigenvalue weighted by molar-refractivity contribution is -0.135. The van der Waals surface area contributed by atoms with Gasteiger partial charge in [0.15, 0.2) is 0 Å². The second kappa shape index (κ2) is 5.93. The first-order valence-corrected chi connectivity index (χ1v) is 7.60. The van der Waals surface area contributed by atoms with Gasteiger partial charge in [0, 0.05) is 45.4 Å². The highest BCUT2D eigenvalue weighted by atomic mass is 16.3. The molecule has 0 atom stereocenters. The van der Waals surface area contributed by atoms with E-state index in [1.807, 2.05) is 53.0 Å². The van der Waals surface area contributed by atoms with Crippen molar-refractivity contribution in [2.75, 3.05) is 13.1 Å². The summed E-state index contributed by atoms with van der Waals surface area (Å²) in [5.41, 5.74) is 0.0966. The van der Waals surface area contributed by atoms with Gasteiger partial charge >= 0.3 is 0 Å². The zero-order valence-corrected chi connectivity index (χ0v) is 12.8. The molecule has 0 radical (unpaired) electrons. The fraction of sp³-hybridized carbons (Fsp3) is 0.412. The van der Waals surface area contributed by atoms with Crippen LogP contribution in [-0.4, -0.2) is 38.6 Å². The molecular weight excluding hydrogens is 278 g/mol. The Bertz CT molecular complexity index is 643. The lowest BCUT2D eigenvalue weighted by Gasteiger charge is -2.37. The van der Waals surface area contributed by atoms with Crippen molar-refractivity contribution in [2.45, 2.75) is 24.9 Å². The third-order valence-corrected chi connectivity index (χ3v) is 4.38. The minimum absolute atomic E-state index is 0.119. The number of nitrogens with zero attached hydrogens (tertiary/aromatic N) is 3. The van der Waals surface area contributed by atoms with E-state index >= 15 is 0 Å². The van der Waals surface area contributed by atoms with Crippen LogP contribution >= 0.6 is 0 Å². The molecule has 5 heteroatoms. The average molecular weight is 299 g/mol. The first-order chi connectivity index (χ1) is 10.6. The molecule has 0 aliphatic carbocycles. The predicted molar refractivity (Wildman–Crippen MR) is 83.1 cm³/mol.